The highest BCUT2D eigenvalue weighted by Crippen LogP contribution is 2.31. The van der Waals surface area contributed by atoms with Crippen molar-refractivity contribution in [2.24, 2.45) is 0 Å². The summed E-state index contributed by atoms with van der Waals surface area (Å²) in [6.07, 6.45) is -4.22. The molecular formula is C17H17F3N4O2. The molecule has 138 valence electrons. The molecule has 0 aliphatic rings. The number of aryl methyl sites for hydroxylation is 1. The number of hydrogen-bond donors (Lipinski definition) is 2. The summed E-state index contributed by atoms with van der Waals surface area (Å²) in [6, 6.07) is 4.34. The van der Waals surface area contributed by atoms with Crippen molar-refractivity contribution in [3.63, 3.8) is 0 Å². The number of H-pyrrole nitrogens is 1. The number of benzene rings is 1. The van der Waals surface area contributed by atoms with Gasteiger partial charge in [-0.1, -0.05) is 12.1 Å². The van der Waals surface area contributed by atoms with Gasteiger partial charge in [-0.05, 0) is 31.5 Å². The third-order valence-electron chi connectivity index (χ3n) is 4.19. The van der Waals surface area contributed by atoms with Crippen molar-refractivity contribution >= 4 is 11.0 Å². The molecule has 0 unspecified atom stereocenters. The molecule has 26 heavy (non-hydrogen) atoms. The summed E-state index contributed by atoms with van der Waals surface area (Å²) >= 11 is 0. The summed E-state index contributed by atoms with van der Waals surface area (Å²) < 4.78 is 39.7. The van der Waals surface area contributed by atoms with Crippen molar-refractivity contribution in [1.82, 2.24) is 19.7 Å². The summed E-state index contributed by atoms with van der Waals surface area (Å²) in [5.41, 5.74) is 0.238. The fourth-order valence-electron chi connectivity index (χ4n) is 2.87. The van der Waals surface area contributed by atoms with Crippen molar-refractivity contribution < 1.29 is 18.3 Å². The minimum Gasteiger partial charge on any atom is -0.396 e. The van der Waals surface area contributed by atoms with E-state index in [9.17, 15) is 23.1 Å². The fraction of sp³-hybridized carbons (Fsp3) is 0.353. The third kappa shape index (κ3) is 3.22. The summed E-state index contributed by atoms with van der Waals surface area (Å²) in [5, 5.41) is 13.9. The van der Waals surface area contributed by atoms with E-state index in [1.807, 2.05) is 0 Å². The topological polar surface area (TPSA) is 83.8 Å². The summed E-state index contributed by atoms with van der Waals surface area (Å²) in [5.74, 6) is 0.402. The molecule has 1 atom stereocenters. The van der Waals surface area contributed by atoms with E-state index in [-0.39, 0.29) is 24.0 Å². The van der Waals surface area contributed by atoms with E-state index in [0.717, 1.165) is 12.1 Å². The Morgan fingerprint density at radius 3 is 2.50 bits per heavy atom. The first-order valence-corrected chi connectivity index (χ1v) is 7.98. The van der Waals surface area contributed by atoms with Crippen molar-refractivity contribution in [3.05, 3.63) is 57.3 Å². The Morgan fingerprint density at radius 1 is 1.27 bits per heavy atom. The highest BCUT2D eigenvalue weighted by Gasteiger charge is 2.30. The van der Waals surface area contributed by atoms with Gasteiger partial charge in [0.2, 0.25) is 0 Å². The lowest BCUT2D eigenvalue weighted by atomic mass is 10.1. The van der Waals surface area contributed by atoms with Gasteiger partial charge in [0, 0.05) is 13.0 Å². The van der Waals surface area contributed by atoms with E-state index < -0.39 is 17.8 Å². The average molecular weight is 366 g/mol. The predicted octanol–water partition coefficient (Wildman–Crippen LogP) is 2.59. The van der Waals surface area contributed by atoms with Crippen LogP contribution in [0, 0.1) is 6.92 Å². The maximum absolute atomic E-state index is 12.7. The lowest BCUT2D eigenvalue weighted by molar-refractivity contribution is -0.137. The number of alkyl halides is 3. The second-order valence-electron chi connectivity index (χ2n) is 6.01. The number of halogens is 3. The first-order chi connectivity index (χ1) is 12.2. The van der Waals surface area contributed by atoms with Crippen LogP contribution in [0.1, 0.15) is 35.6 Å². The zero-order valence-corrected chi connectivity index (χ0v) is 14.1. The second kappa shape index (κ2) is 6.56. The van der Waals surface area contributed by atoms with Gasteiger partial charge in [-0.25, -0.2) is 9.67 Å². The molecule has 3 aromatic rings. The number of aromatic amines is 1. The van der Waals surface area contributed by atoms with E-state index >= 15 is 0 Å². The Labute approximate surface area is 146 Å². The zero-order chi connectivity index (χ0) is 19.1. The minimum atomic E-state index is -4.40. The van der Waals surface area contributed by atoms with Gasteiger partial charge in [0.05, 0.1) is 17.3 Å². The maximum atomic E-state index is 12.7. The van der Waals surface area contributed by atoms with Crippen LogP contribution in [0.15, 0.2) is 29.1 Å². The maximum Gasteiger partial charge on any atom is 0.416 e. The average Bonchev–Trinajstić information content (AvgIpc) is 2.92. The van der Waals surface area contributed by atoms with E-state index in [0.29, 0.717) is 22.7 Å². The van der Waals surface area contributed by atoms with Gasteiger partial charge in [0.1, 0.15) is 11.2 Å². The molecule has 0 amide bonds. The first kappa shape index (κ1) is 18.1. The van der Waals surface area contributed by atoms with Crippen LogP contribution >= 0.6 is 0 Å². The van der Waals surface area contributed by atoms with Gasteiger partial charge in [-0.15, -0.1) is 0 Å². The third-order valence-corrected chi connectivity index (χ3v) is 4.19. The van der Waals surface area contributed by atoms with E-state index in [1.165, 1.54) is 16.8 Å². The molecule has 0 saturated carbocycles. The standard InChI is InChI=1S/C17H17F3N4O2/c1-9(11-3-5-12(6-4-11)17(18,19)20)24-15-14(13(23-24)7-8-25)16(26)22-10(2)21-15/h3-6,9,25H,7-8H2,1-2H3,(H,21,22,26)/t9-/m0/s1. The van der Waals surface area contributed by atoms with Crippen LogP contribution in [-0.2, 0) is 12.6 Å². The van der Waals surface area contributed by atoms with E-state index in [2.05, 4.69) is 15.1 Å². The number of aromatic nitrogens is 4. The van der Waals surface area contributed by atoms with Crippen molar-refractivity contribution in [2.75, 3.05) is 6.61 Å². The second-order valence-corrected chi connectivity index (χ2v) is 6.01. The van der Waals surface area contributed by atoms with E-state index in [1.54, 1.807) is 13.8 Å². The Balaban J connectivity index is 2.11. The Hall–Kier alpha value is -2.68. The lowest BCUT2D eigenvalue weighted by Crippen LogP contribution is -2.13. The first-order valence-electron chi connectivity index (χ1n) is 7.98. The molecule has 2 heterocycles. The van der Waals surface area contributed by atoms with Crippen LogP contribution in [0.5, 0.6) is 0 Å². The Bertz CT molecular complexity index is 990. The number of nitrogens with zero attached hydrogens (tertiary/aromatic N) is 3. The quantitative estimate of drug-likeness (QED) is 0.743. The molecule has 0 fully saturated rings. The molecule has 0 bridgehead atoms. The van der Waals surface area contributed by atoms with Crippen LogP contribution in [-0.4, -0.2) is 31.5 Å². The summed E-state index contributed by atoms with van der Waals surface area (Å²) in [6.45, 7) is 3.21. The van der Waals surface area contributed by atoms with Crippen LogP contribution in [0.4, 0.5) is 13.2 Å². The predicted molar refractivity (Wildman–Crippen MR) is 88.9 cm³/mol. The smallest absolute Gasteiger partial charge is 0.396 e. The van der Waals surface area contributed by atoms with Gasteiger partial charge in [-0.2, -0.15) is 18.3 Å². The van der Waals surface area contributed by atoms with Crippen LogP contribution in [0.2, 0.25) is 0 Å². The zero-order valence-electron chi connectivity index (χ0n) is 14.1. The Kier molecular flexibility index (Phi) is 4.57. The molecule has 2 aromatic heterocycles. The van der Waals surface area contributed by atoms with Crippen molar-refractivity contribution in [1.29, 1.82) is 0 Å². The van der Waals surface area contributed by atoms with Crippen LogP contribution in [0.25, 0.3) is 11.0 Å². The van der Waals surface area contributed by atoms with Crippen molar-refractivity contribution in [2.45, 2.75) is 32.5 Å². The fourth-order valence-corrected chi connectivity index (χ4v) is 2.87. The van der Waals surface area contributed by atoms with Crippen LogP contribution in [0.3, 0.4) is 0 Å². The van der Waals surface area contributed by atoms with Gasteiger partial charge in [0.25, 0.3) is 5.56 Å². The molecule has 1 aromatic carbocycles. The number of nitrogens with one attached hydrogen (secondary N) is 1. The van der Waals surface area contributed by atoms with Gasteiger partial charge in [0.15, 0.2) is 5.65 Å². The lowest BCUT2D eigenvalue weighted by Gasteiger charge is -2.15. The number of rotatable bonds is 4. The monoisotopic (exact) mass is 366 g/mol. The number of hydrogen-bond acceptors (Lipinski definition) is 4. The molecular weight excluding hydrogens is 349 g/mol. The molecule has 0 aliphatic heterocycles. The number of fused-ring (bicyclic) bond motifs is 1. The van der Waals surface area contributed by atoms with E-state index in [4.69, 9.17) is 0 Å². The summed E-state index contributed by atoms with van der Waals surface area (Å²) in [4.78, 5) is 19.2. The molecule has 0 saturated heterocycles. The van der Waals surface area contributed by atoms with Gasteiger partial charge in [-0.3, -0.25) is 4.79 Å². The summed E-state index contributed by atoms with van der Waals surface area (Å²) in [7, 11) is 0. The SMILES string of the molecule is Cc1nc2c(c(CCO)nn2[C@@H](C)c2ccc(C(F)(F)F)cc2)c(=O)[nH]1. The van der Waals surface area contributed by atoms with Gasteiger partial charge < -0.3 is 10.1 Å². The molecule has 6 nitrogen and oxygen atoms in total. The minimum absolute atomic E-state index is 0.178. The normalized spacial score (nSPS) is 13.3. The van der Waals surface area contributed by atoms with Crippen LogP contribution < -0.4 is 5.56 Å². The molecule has 9 heteroatoms. The van der Waals surface area contributed by atoms with Crippen molar-refractivity contribution in [3.8, 4) is 0 Å². The number of aliphatic hydroxyl groups excluding tert-OH is 1. The molecule has 2 N–H and O–H groups in total. The molecule has 0 radical (unpaired) electrons. The molecule has 3 rings (SSSR count). The van der Waals surface area contributed by atoms with Gasteiger partial charge >= 0.3 is 6.18 Å². The molecule has 0 spiro atoms. The highest BCUT2D eigenvalue weighted by molar-refractivity contribution is 5.77. The largest absolute Gasteiger partial charge is 0.416 e. The highest BCUT2D eigenvalue weighted by atomic mass is 19.4. The Morgan fingerprint density at radius 2 is 1.92 bits per heavy atom. The molecule has 0 aliphatic carbocycles. The number of aliphatic hydroxyl groups is 1.